The van der Waals surface area contributed by atoms with Crippen molar-refractivity contribution < 1.29 is 14.3 Å². The van der Waals surface area contributed by atoms with E-state index in [0.29, 0.717) is 34.9 Å². The number of benzene rings is 3. The smallest absolute Gasteiger partial charge is 0.282 e. The lowest BCUT2D eigenvalue weighted by Gasteiger charge is -2.17. The van der Waals surface area contributed by atoms with Crippen LogP contribution in [0.3, 0.4) is 0 Å². The molecule has 0 spiro atoms. The molecule has 0 aliphatic carbocycles. The second kappa shape index (κ2) is 8.71. The van der Waals surface area contributed by atoms with Crippen molar-refractivity contribution in [2.45, 2.75) is 27.7 Å². The van der Waals surface area contributed by atoms with Gasteiger partial charge in [0.15, 0.2) is 0 Å². The standard InChI is InChI=1S/C27H26N2O3/c1-5-32-23-8-6-7-21(16-23)28-25-24(20-12-9-17(2)10-13-20)26(30)29(27(25)31)22-14-11-18(3)19(4)15-22/h6-16,28H,5H2,1-4H3. The van der Waals surface area contributed by atoms with Crippen molar-refractivity contribution in [1.82, 2.24) is 0 Å². The van der Waals surface area contributed by atoms with E-state index in [2.05, 4.69) is 5.32 Å². The summed E-state index contributed by atoms with van der Waals surface area (Å²) < 4.78 is 5.58. The number of anilines is 2. The van der Waals surface area contributed by atoms with E-state index in [0.717, 1.165) is 16.7 Å². The van der Waals surface area contributed by atoms with Crippen molar-refractivity contribution in [3.8, 4) is 5.75 Å². The molecule has 162 valence electrons. The Morgan fingerprint density at radius 1 is 0.844 bits per heavy atom. The molecule has 5 nitrogen and oxygen atoms in total. The fraction of sp³-hybridized carbons (Fsp3) is 0.185. The Hall–Kier alpha value is -3.86. The maximum absolute atomic E-state index is 13.6. The highest BCUT2D eigenvalue weighted by Crippen LogP contribution is 2.35. The van der Waals surface area contributed by atoms with Crippen LogP contribution in [-0.4, -0.2) is 18.4 Å². The van der Waals surface area contributed by atoms with Gasteiger partial charge in [-0.1, -0.05) is 42.0 Å². The minimum Gasteiger partial charge on any atom is -0.494 e. The van der Waals surface area contributed by atoms with Crippen LogP contribution in [0.2, 0.25) is 0 Å². The summed E-state index contributed by atoms with van der Waals surface area (Å²) in [5.41, 5.74) is 5.75. The van der Waals surface area contributed by atoms with Gasteiger partial charge in [0, 0.05) is 11.8 Å². The van der Waals surface area contributed by atoms with Gasteiger partial charge in [-0.05, 0) is 68.7 Å². The third kappa shape index (κ3) is 4.02. The zero-order valence-corrected chi connectivity index (χ0v) is 18.7. The maximum Gasteiger partial charge on any atom is 0.282 e. The van der Waals surface area contributed by atoms with E-state index in [-0.39, 0.29) is 17.5 Å². The molecule has 2 amide bonds. The Labute approximate surface area is 188 Å². The maximum atomic E-state index is 13.6. The van der Waals surface area contributed by atoms with Crippen LogP contribution in [0.1, 0.15) is 29.2 Å². The summed E-state index contributed by atoms with van der Waals surface area (Å²) in [6.45, 7) is 8.41. The quantitative estimate of drug-likeness (QED) is 0.536. The molecule has 1 aliphatic rings. The number of ether oxygens (including phenoxy) is 1. The van der Waals surface area contributed by atoms with Crippen LogP contribution in [0.25, 0.3) is 5.57 Å². The van der Waals surface area contributed by atoms with Crippen molar-refractivity contribution in [2.24, 2.45) is 0 Å². The lowest BCUT2D eigenvalue weighted by molar-refractivity contribution is -0.120. The van der Waals surface area contributed by atoms with Gasteiger partial charge in [0.25, 0.3) is 11.8 Å². The van der Waals surface area contributed by atoms with E-state index in [9.17, 15) is 9.59 Å². The first-order valence-electron chi connectivity index (χ1n) is 10.7. The van der Waals surface area contributed by atoms with Gasteiger partial charge in [0.1, 0.15) is 11.4 Å². The minimum absolute atomic E-state index is 0.255. The van der Waals surface area contributed by atoms with Crippen LogP contribution in [0.15, 0.2) is 72.4 Å². The van der Waals surface area contributed by atoms with Crippen LogP contribution in [0, 0.1) is 20.8 Å². The number of amides is 2. The van der Waals surface area contributed by atoms with Gasteiger partial charge in [-0.2, -0.15) is 0 Å². The molecule has 1 N–H and O–H groups in total. The first-order chi connectivity index (χ1) is 15.4. The van der Waals surface area contributed by atoms with E-state index < -0.39 is 0 Å². The zero-order valence-electron chi connectivity index (χ0n) is 18.7. The van der Waals surface area contributed by atoms with Gasteiger partial charge in [0.05, 0.1) is 17.9 Å². The first kappa shape index (κ1) is 21.4. The molecule has 1 heterocycles. The number of imide groups is 1. The molecular formula is C27H26N2O3. The zero-order chi connectivity index (χ0) is 22.8. The number of rotatable bonds is 6. The summed E-state index contributed by atoms with van der Waals surface area (Å²) in [4.78, 5) is 28.3. The molecule has 0 bridgehead atoms. The van der Waals surface area contributed by atoms with E-state index in [1.54, 1.807) is 0 Å². The Kier molecular flexibility index (Phi) is 5.82. The molecule has 1 aliphatic heterocycles. The molecule has 0 radical (unpaired) electrons. The van der Waals surface area contributed by atoms with Crippen LogP contribution < -0.4 is 15.0 Å². The lowest BCUT2D eigenvalue weighted by atomic mass is 10.0. The third-order valence-corrected chi connectivity index (χ3v) is 5.59. The van der Waals surface area contributed by atoms with Crippen LogP contribution in [0.5, 0.6) is 5.75 Å². The monoisotopic (exact) mass is 426 g/mol. The fourth-order valence-corrected chi connectivity index (χ4v) is 3.71. The number of carbonyl (C=O) groups is 2. The minimum atomic E-state index is -0.379. The molecule has 0 saturated heterocycles. The molecule has 3 aromatic carbocycles. The van der Waals surface area contributed by atoms with Gasteiger partial charge in [-0.25, -0.2) is 4.90 Å². The van der Waals surface area contributed by atoms with Gasteiger partial charge in [-0.3, -0.25) is 9.59 Å². The van der Waals surface area contributed by atoms with Crippen LogP contribution in [0.4, 0.5) is 11.4 Å². The molecule has 0 atom stereocenters. The summed E-state index contributed by atoms with van der Waals surface area (Å²) >= 11 is 0. The number of nitrogens with one attached hydrogen (secondary N) is 1. The van der Waals surface area contributed by atoms with Gasteiger partial charge < -0.3 is 10.1 Å². The molecule has 0 unspecified atom stereocenters. The molecule has 32 heavy (non-hydrogen) atoms. The van der Waals surface area contributed by atoms with E-state index >= 15 is 0 Å². The lowest BCUT2D eigenvalue weighted by Crippen LogP contribution is -2.32. The van der Waals surface area contributed by atoms with Crippen molar-refractivity contribution in [2.75, 3.05) is 16.8 Å². The number of aryl methyl sites for hydroxylation is 3. The number of carbonyl (C=O) groups excluding carboxylic acids is 2. The van der Waals surface area contributed by atoms with Crippen molar-refractivity contribution >= 4 is 28.8 Å². The first-order valence-corrected chi connectivity index (χ1v) is 10.7. The van der Waals surface area contributed by atoms with Crippen molar-refractivity contribution in [1.29, 1.82) is 0 Å². The topological polar surface area (TPSA) is 58.6 Å². The summed E-state index contributed by atoms with van der Waals surface area (Å²) in [7, 11) is 0. The highest BCUT2D eigenvalue weighted by Gasteiger charge is 2.40. The summed E-state index contributed by atoms with van der Waals surface area (Å²) in [5.74, 6) is -0.0287. The summed E-state index contributed by atoms with van der Waals surface area (Å²) in [6.07, 6.45) is 0. The molecule has 4 rings (SSSR count). The summed E-state index contributed by atoms with van der Waals surface area (Å²) in [5, 5.41) is 3.20. The van der Waals surface area contributed by atoms with E-state index in [1.807, 2.05) is 94.4 Å². The molecule has 3 aromatic rings. The van der Waals surface area contributed by atoms with Gasteiger partial charge in [0.2, 0.25) is 0 Å². The largest absolute Gasteiger partial charge is 0.494 e. The second-order valence-electron chi connectivity index (χ2n) is 7.92. The summed E-state index contributed by atoms with van der Waals surface area (Å²) in [6, 6.07) is 20.6. The van der Waals surface area contributed by atoms with Gasteiger partial charge >= 0.3 is 0 Å². The van der Waals surface area contributed by atoms with E-state index in [1.165, 1.54) is 4.90 Å². The van der Waals surface area contributed by atoms with E-state index in [4.69, 9.17) is 4.74 Å². The van der Waals surface area contributed by atoms with Crippen LogP contribution >= 0.6 is 0 Å². The Bertz CT molecular complexity index is 1230. The molecular weight excluding hydrogens is 400 g/mol. The molecule has 0 saturated carbocycles. The molecule has 5 heteroatoms. The second-order valence-corrected chi connectivity index (χ2v) is 7.92. The highest BCUT2D eigenvalue weighted by atomic mass is 16.5. The van der Waals surface area contributed by atoms with Crippen molar-refractivity contribution in [3.63, 3.8) is 0 Å². The fourth-order valence-electron chi connectivity index (χ4n) is 3.71. The number of hydrogen-bond donors (Lipinski definition) is 1. The number of nitrogens with zero attached hydrogens (tertiary/aromatic N) is 1. The third-order valence-electron chi connectivity index (χ3n) is 5.59. The SMILES string of the molecule is CCOc1cccc(NC2=C(c3ccc(C)cc3)C(=O)N(c3ccc(C)c(C)c3)C2=O)c1. The normalized spacial score (nSPS) is 13.7. The highest BCUT2D eigenvalue weighted by molar-refractivity contribution is 6.46. The molecule has 0 fully saturated rings. The average Bonchev–Trinajstić information content (AvgIpc) is 3.01. The van der Waals surface area contributed by atoms with Crippen LogP contribution in [-0.2, 0) is 9.59 Å². The Morgan fingerprint density at radius 2 is 1.59 bits per heavy atom. The van der Waals surface area contributed by atoms with Crippen molar-refractivity contribution in [3.05, 3.63) is 94.7 Å². The molecule has 0 aromatic heterocycles. The Balaban J connectivity index is 1.80. The Morgan fingerprint density at radius 3 is 2.28 bits per heavy atom. The van der Waals surface area contributed by atoms with Gasteiger partial charge in [-0.15, -0.1) is 0 Å². The average molecular weight is 427 g/mol. The number of hydrogen-bond acceptors (Lipinski definition) is 4. The predicted molar refractivity (Wildman–Crippen MR) is 128 cm³/mol. The predicted octanol–water partition coefficient (Wildman–Crippen LogP) is 5.41.